The lowest BCUT2D eigenvalue weighted by molar-refractivity contribution is 0.357. The summed E-state index contributed by atoms with van der Waals surface area (Å²) in [4.78, 5) is 2.87. The van der Waals surface area contributed by atoms with E-state index in [1.165, 1.54) is 12.0 Å². The first kappa shape index (κ1) is 12.5. The molecule has 0 aromatic heterocycles. The smallest absolute Gasteiger partial charge is 0.0198 e. The predicted octanol–water partition coefficient (Wildman–Crippen LogP) is 3.23. The van der Waals surface area contributed by atoms with Gasteiger partial charge in [0.15, 0.2) is 0 Å². The molecule has 0 aliphatic carbocycles. The van der Waals surface area contributed by atoms with Crippen LogP contribution in [0.15, 0.2) is 11.1 Å². The molecule has 0 radical (unpaired) electrons. The molecule has 0 fully saturated rings. The van der Waals surface area contributed by atoms with Crippen molar-refractivity contribution in [2.75, 3.05) is 20.1 Å². The summed E-state index contributed by atoms with van der Waals surface area (Å²) in [7, 11) is 2.11. The van der Waals surface area contributed by atoms with E-state index in [-0.39, 0.29) is 0 Å². The molecule has 1 nitrogen and oxygen atoms in total. The summed E-state index contributed by atoms with van der Waals surface area (Å²) in [6.45, 7) is 6.27. The quantitative estimate of drug-likeness (QED) is 0.681. The number of alkyl halides is 1. The van der Waals surface area contributed by atoms with E-state index in [0.717, 1.165) is 13.1 Å². The van der Waals surface area contributed by atoms with Gasteiger partial charge in [0.1, 0.15) is 0 Å². The standard InChI is InChI=1S/C9H17BrClN/c1-8(6-11)7-12(3)5-4-9(2)10/h6,9H,4-5,7H2,1-3H3. The van der Waals surface area contributed by atoms with Gasteiger partial charge in [-0.05, 0) is 32.5 Å². The maximum absolute atomic E-state index is 5.56. The summed E-state index contributed by atoms with van der Waals surface area (Å²) >= 11 is 9.08. The van der Waals surface area contributed by atoms with E-state index in [1.807, 2.05) is 6.92 Å². The van der Waals surface area contributed by atoms with Crippen molar-refractivity contribution < 1.29 is 0 Å². The second-order valence-electron chi connectivity index (χ2n) is 3.26. The zero-order valence-electron chi connectivity index (χ0n) is 7.98. The second kappa shape index (κ2) is 6.93. The highest BCUT2D eigenvalue weighted by molar-refractivity contribution is 9.09. The van der Waals surface area contributed by atoms with E-state index in [2.05, 4.69) is 34.8 Å². The first-order valence-electron chi connectivity index (χ1n) is 4.14. The monoisotopic (exact) mass is 253 g/mol. The Labute approximate surface area is 88.9 Å². The van der Waals surface area contributed by atoms with Gasteiger partial charge in [0, 0.05) is 16.9 Å². The zero-order valence-corrected chi connectivity index (χ0v) is 10.3. The van der Waals surface area contributed by atoms with Crippen LogP contribution < -0.4 is 0 Å². The van der Waals surface area contributed by atoms with Crippen molar-refractivity contribution in [3.63, 3.8) is 0 Å². The van der Waals surface area contributed by atoms with Gasteiger partial charge >= 0.3 is 0 Å². The Morgan fingerprint density at radius 3 is 2.67 bits per heavy atom. The number of hydrogen-bond acceptors (Lipinski definition) is 1. The zero-order chi connectivity index (χ0) is 9.56. The van der Waals surface area contributed by atoms with Gasteiger partial charge in [-0.1, -0.05) is 34.5 Å². The maximum atomic E-state index is 5.56. The molecular weight excluding hydrogens is 237 g/mol. The third kappa shape index (κ3) is 7.14. The fourth-order valence-corrected chi connectivity index (χ4v) is 1.21. The van der Waals surface area contributed by atoms with E-state index in [4.69, 9.17) is 11.6 Å². The molecule has 12 heavy (non-hydrogen) atoms. The molecule has 0 N–H and O–H groups in total. The van der Waals surface area contributed by atoms with Crippen molar-refractivity contribution in [1.82, 2.24) is 4.90 Å². The molecule has 0 aromatic carbocycles. The normalized spacial score (nSPS) is 15.3. The van der Waals surface area contributed by atoms with E-state index in [0.29, 0.717) is 4.83 Å². The molecule has 0 aromatic rings. The molecule has 1 atom stereocenters. The SMILES string of the molecule is CC(=CCl)CN(C)CCC(C)Br. The molecule has 0 spiro atoms. The van der Waals surface area contributed by atoms with Crippen LogP contribution in [0.4, 0.5) is 0 Å². The van der Waals surface area contributed by atoms with E-state index in [9.17, 15) is 0 Å². The number of halogens is 2. The fraction of sp³-hybridized carbons (Fsp3) is 0.778. The third-order valence-corrected chi connectivity index (χ3v) is 2.44. The Balaban J connectivity index is 3.53. The minimum atomic E-state index is 0.597. The molecule has 0 aliphatic rings. The molecular formula is C9H17BrClN. The summed E-state index contributed by atoms with van der Waals surface area (Å²) in [5.74, 6) is 0. The fourth-order valence-electron chi connectivity index (χ4n) is 0.938. The van der Waals surface area contributed by atoms with Gasteiger partial charge in [0.05, 0.1) is 0 Å². The van der Waals surface area contributed by atoms with E-state index in [1.54, 1.807) is 5.54 Å². The molecule has 3 heteroatoms. The average molecular weight is 255 g/mol. The summed E-state index contributed by atoms with van der Waals surface area (Å²) in [6.07, 6.45) is 1.17. The van der Waals surface area contributed by atoms with Crippen LogP contribution in [-0.4, -0.2) is 29.9 Å². The molecule has 1 unspecified atom stereocenters. The lowest BCUT2D eigenvalue weighted by atomic mass is 10.3. The van der Waals surface area contributed by atoms with Gasteiger partial charge in [-0.25, -0.2) is 0 Å². The first-order chi connectivity index (χ1) is 5.56. The summed E-state index contributed by atoms with van der Waals surface area (Å²) in [5.41, 5.74) is 2.86. The van der Waals surface area contributed by atoms with Crippen molar-refractivity contribution in [3.05, 3.63) is 11.1 Å². The second-order valence-corrected chi connectivity index (χ2v) is 5.04. The lowest BCUT2D eigenvalue weighted by Gasteiger charge is -2.17. The highest BCUT2D eigenvalue weighted by Crippen LogP contribution is 2.05. The Morgan fingerprint density at radius 2 is 2.25 bits per heavy atom. The van der Waals surface area contributed by atoms with E-state index >= 15 is 0 Å². The Bertz CT molecular complexity index is 145. The molecule has 0 aliphatic heterocycles. The lowest BCUT2D eigenvalue weighted by Crippen LogP contribution is -2.23. The van der Waals surface area contributed by atoms with Crippen LogP contribution >= 0.6 is 27.5 Å². The molecule has 0 rings (SSSR count). The third-order valence-electron chi connectivity index (χ3n) is 1.61. The first-order valence-corrected chi connectivity index (χ1v) is 5.50. The average Bonchev–Trinajstić information content (AvgIpc) is 2.00. The molecule has 0 heterocycles. The molecule has 0 saturated heterocycles. The summed E-state index contributed by atoms with van der Waals surface area (Å²) in [5, 5.41) is 0. The largest absolute Gasteiger partial charge is 0.302 e. The molecule has 0 saturated carbocycles. The number of hydrogen-bond donors (Lipinski definition) is 0. The van der Waals surface area contributed by atoms with Gasteiger partial charge < -0.3 is 4.90 Å². The minimum Gasteiger partial charge on any atom is -0.302 e. The van der Waals surface area contributed by atoms with Gasteiger partial charge in [0.25, 0.3) is 0 Å². The van der Waals surface area contributed by atoms with Crippen molar-refractivity contribution in [3.8, 4) is 0 Å². The van der Waals surface area contributed by atoms with Gasteiger partial charge in [-0.3, -0.25) is 0 Å². The molecule has 72 valence electrons. The Kier molecular flexibility index (Phi) is 7.20. The molecule has 0 amide bonds. The highest BCUT2D eigenvalue weighted by atomic mass is 79.9. The van der Waals surface area contributed by atoms with Crippen LogP contribution in [0, 0.1) is 0 Å². The topological polar surface area (TPSA) is 3.24 Å². The Hall–Kier alpha value is 0.470. The van der Waals surface area contributed by atoms with Crippen LogP contribution in [0.5, 0.6) is 0 Å². The van der Waals surface area contributed by atoms with Gasteiger partial charge in [-0.2, -0.15) is 0 Å². The van der Waals surface area contributed by atoms with Crippen LogP contribution in [0.3, 0.4) is 0 Å². The summed E-state index contributed by atoms with van der Waals surface area (Å²) < 4.78 is 0. The summed E-state index contributed by atoms with van der Waals surface area (Å²) in [6, 6.07) is 0. The predicted molar refractivity (Wildman–Crippen MR) is 60.1 cm³/mol. The minimum absolute atomic E-state index is 0.597. The van der Waals surface area contributed by atoms with Gasteiger partial charge in [0.2, 0.25) is 0 Å². The van der Waals surface area contributed by atoms with E-state index < -0.39 is 0 Å². The number of likely N-dealkylation sites (N-methyl/N-ethyl adjacent to an activating group) is 1. The number of nitrogens with zero attached hydrogens (tertiary/aromatic N) is 1. The van der Waals surface area contributed by atoms with Crippen LogP contribution in [-0.2, 0) is 0 Å². The van der Waals surface area contributed by atoms with Crippen molar-refractivity contribution >= 4 is 27.5 Å². The molecule has 0 bridgehead atoms. The maximum Gasteiger partial charge on any atom is 0.0198 e. The van der Waals surface area contributed by atoms with Gasteiger partial charge in [-0.15, -0.1) is 0 Å². The highest BCUT2D eigenvalue weighted by Gasteiger charge is 2.01. The van der Waals surface area contributed by atoms with Crippen LogP contribution in [0.25, 0.3) is 0 Å². The van der Waals surface area contributed by atoms with Crippen molar-refractivity contribution in [2.45, 2.75) is 25.1 Å². The van der Waals surface area contributed by atoms with Crippen LogP contribution in [0.2, 0.25) is 0 Å². The van der Waals surface area contributed by atoms with Crippen molar-refractivity contribution in [1.29, 1.82) is 0 Å². The van der Waals surface area contributed by atoms with Crippen molar-refractivity contribution in [2.24, 2.45) is 0 Å². The number of rotatable bonds is 5. The van der Waals surface area contributed by atoms with Crippen LogP contribution in [0.1, 0.15) is 20.3 Å². The Morgan fingerprint density at radius 1 is 1.67 bits per heavy atom.